The summed E-state index contributed by atoms with van der Waals surface area (Å²) in [7, 11) is 0. The van der Waals surface area contributed by atoms with Crippen LogP contribution in [0, 0.1) is 10.1 Å². The number of rotatable bonds is 9. The summed E-state index contributed by atoms with van der Waals surface area (Å²) in [6.45, 7) is 4.50. The van der Waals surface area contributed by atoms with Crippen molar-refractivity contribution in [1.82, 2.24) is 10.4 Å². The molecule has 1 heterocycles. The number of unbranched alkanes of at least 4 members (excludes halogenated alkanes) is 1. The van der Waals surface area contributed by atoms with E-state index in [1.165, 1.54) is 25.1 Å². The van der Waals surface area contributed by atoms with Crippen LogP contribution in [0.5, 0.6) is 5.75 Å². The third-order valence-corrected chi connectivity index (χ3v) is 4.01. The standard InChI is InChI=1S/C17H25N3O6/c1-13(21)15-12-14(5-6-16(15)20(23)24)26-9-3-2-4-17(22)18-19-7-10-25-11-8-19/h5-6,12-13,21H,2-4,7-11H2,1H3,(H,18,22). The van der Waals surface area contributed by atoms with Gasteiger partial charge in [0.05, 0.1) is 36.4 Å². The number of aliphatic hydroxyl groups excluding tert-OH is 1. The second kappa shape index (κ2) is 10.0. The van der Waals surface area contributed by atoms with E-state index in [2.05, 4.69) is 5.43 Å². The minimum atomic E-state index is -0.956. The zero-order valence-electron chi connectivity index (χ0n) is 14.8. The van der Waals surface area contributed by atoms with Crippen molar-refractivity contribution >= 4 is 11.6 Å². The Kier molecular flexibility index (Phi) is 7.76. The molecular weight excluding hydrogens is 342 g/mol. The number of hydrogen-bond donors (Lipinski definition) is 2. The van der Waals surface area contributed by atoms with E-state index in [1.807, 2.05) is 5.01 Å². The maximum Gasteiger partial charge on any atom is 0.275 e. The van der Waals surface area contributed by atoms with E-state index in [1.54, 1.807) is 0 Å². The van der Waals surface area contributed by atoms with Gasteiger partial charge in [-0.3, -0.25) is 20.3 Å². The molecule has 0 radical (unpaired) electrons. The molecule has 1 unspecified atom stereocenters. The molecule has 0 spiro atoms. The van der Waals surface area contributed by atoms with Crippen LogP contribution in [0.3, 0.4) is 0 Å². The first-order chi connectivity index (χ1) is 12.5. The van der Waals surface area contributed by atoms with Crippen molar-refractivity contribution in [2.45, 2.75) is 32.3 Å². The van der Waals surface area contributed by atoms with Crippen molar-refractivity contribution in [2.75, 3.05) is 32.9 Å². The summed E-state index contributed by atoms with van der Waals surface area (Å²) >= 11 is 0. The molecule has 2 rings (SSSR count). The van der Waals surface area contributed by atoms with Gasteiger partial charge in [0.2, 0.25) is 5.91 Å². The van der Waals surface area contributed by atoms with Crippen molar-refractivity contribution in [3.05, 3.63) is 33.9 Å². The van der Waals surface area contributed by atoms with Crippen LogP contribution in [0.1, 0.15) is 37.9 Å². The molecule has 1 aromatic carbocycles. The number of ether oxygens (including phenoxy) is 2. The summed E-state index contributed by atoms with van der Waals surface area (Å²) in [5.74, 6) is 0.433. The molecule has 1 aliphatic rings. The van der Waals surface area contributed by atoms with E-state index >= 15 is 0 Å². The fraction of sp³-hybridized carbons (Fsp3) is 0.588. The number of aliphatic hydroxyl groups is 1. The highest BCUT2D eigenvalue weighted by Gasteiger charge is 2.18. The Morgan fingerprint density at radius 3 is 2.81 bits per heavy atom. The Bertz CT molecular complexity index is 617. The first-order valence-corrected chi connectivity index (χ1v) is 8.68. The van der Waals surface area contributed by atoms with E-state index in [4.69, 9.17) is 9.47 Å². The quantitative estimate of drug-likeness (QED) is 0.387. The van der Waals surface area contributed by atoms with Gasteiger partial charge in [0.15, 0.2) is 0 Å². The Balaban J connectivity index is 1.70. The maximum atomic E-state index is 11.8. The largest absolute Gasteiger partial charge is 0.494 e. The number of nitrogens with zero attached hydrogens (tertiary/aromatic N) is 2. The normalized spacial score (nSPS) is 16.1. The molecule has 26 heavy (non-hydrogen) atoms. The number of nitro benzene ring substituents is 1. The summed E-state index contributed by atoms with van der Waals surface area (Å²) in [4.78, 5) is 22.3. The average Bonchev–Trinajstić information content (AvgIpc) is 2.62. The average molecular weight is 367 g/mol. The van der Waals surface area contributed by atoms with Gasteiger partial charge >= 0.3 is 0 Å². The van der Waals surface area contributed by atoms with Gasteiger partial charge in [-0.05, 0) is 31.9 Å². The summed E-state index contributed by atoms with van der Waals surface area (Å²) < 4.78 is 10.8. The fourth-order valence-corrected chi connectivity index (χ4v) is 2.61. The second-order valence-electron chi connectivity index (χ2n) is 6.09. The van der Waals surface area contributed by atoms with Crippen LogP contribution in [-0.4, -0.2) is 53.9 Å². The molecule has 0 saturated carbocycles. The number of carbonyl (C=O) groups excluding carboxylic acids is 1. The molecule has 1 aromatic rings. The Morgan fingerprint density at radius 2 is 2.15 bits per heavy atom. The van der Waals surface area contributed by atoms with E-state index in [0.29, 0.717) is 57.9 Å². The Morgan fingerprint density at radius 1 is 1.42 bits per heavy atom. The fourth-order valence-electron chi connectivity index (χ4n) is 2.61. The van der Waals surface area contributed by atoms with Crippen molar-refractivity contribution < 1.29 is 24.3 Å². The van der Waals surface area contributed by atoms with Gasteiger partial charge in [0.25, 0.3) is 5.69 Å². The van der Waals surface area contributed by atoms with Crippen molar-refractivity contribution in [3.63, 3.8) is 0 Å². The molecular formula is C17H25N3O6. The van der Waals surface area contributed by atoms with Crippen molar-refractivity contribution in [3.8, 4) is 5.75 Å². The lowest BCUT2D eigenvalue weighted by Crippen LogP contribution is -2.48. The van der Waals surface area contributed by atoms with Crippen LogP contribution in [-0.2, 0) is 9.53 Å². The lowest BCUT2D eigenvalue weighted by molar-refractivity contribution is -0.386. The van der Waals surface area contributed by atoms with Gasteiger partial charge in [0, 0.05) is 25.6 Å². The molecule has 144 valence electrons. The monoisotopic (exact) mass is 367 g/mol. The SMILES string of the molecule is CC(O)c1cc(OCCCCC(=O)NN2CCOCC2)ccc1[N+](=O)[O-]. The molecule has 1 saturated heterocycles. The predicted octanol–water partition coefficient (Wildman–Crippen LogP) is 1.56. The minimum absolute atomic E-state index is 0.0290. The summed E-state index contributed by atoms with van der Waals surface area (Å²) in [5.41, 5.74) is 2.93. The molecule has 0 aromatic heterocycles. The van der Waals surface area contributed by atoms with Gasteiger partial charge < -0.3 is 14.6 Å². The highest BCUT2D eigenvalue weighted by molar-refractivity contribution is 5.75. The van der Waals surface area contributed by atoms with Gasteiger partial charge in [-0.2, -0.15) is 0 Å². The highest BCUT2D eigenvalue weighted by Crippen LogP contribution is 2.29. The smallest absolute Gasteiger partial charge is 0.275 e. The lowest BCUT2D eigenvalue weighted by Gasteiger charge is -2.26. The van der Waals surface area contributed by atoms with Crippen molar-refractivity contribution in [2.24, 2.45) is 0 Å². The van der Waals surface area contributed by atoms with Crippen LogP contribution < -0.4 is 10.2 Å². The van der Waals surface area contributed by atoms with E-state index < -0.39 is 11.0 Å². The number of carbonyl (C=O) groups is 1. The third-order valence-electron chi connectivity index (χ3n) is 4.01. The number of benzene rings is 1. The van der Waals surface area contributed by atoms with Gasteiger partial charge in [-0.1, -0.05) is 0 Å². The van der Waals surface area contributed by atoms with E-state index in [9.17, 15) is 20.0 Å². The molecule has 1 aliphatic heterocycles. The molecule has 9 nitrogen and oxygen atoms in total. The molecule has 1 fully saturated rings. The van der Waals surface area contributed by atoms with Crippen molar-refractivity contribution in [1.29, 1.82) is 0 Å². The zero-order valence-corrected chi connectivity index (χ0v) is 14.8. The first kappa shape index (κ1) is 20.1. The molecule has 9 heteroatoms. The Labute approximate surface area is 152 Å². The van der Waals surface area contributed by atoms with Crippen LogP contribution in [0.25, 0.3) is 0 Å². The number of amides is 1. The van der Waals surface area contributed by atoms with Crippen LogP contribution in [0.4, 0.5) is 5.69 Å². The summed E-state index contributed by atoms with van der Waals surface area (Å²) in [6.07, 6.45) is 0.798. The molecule has 1 atom stereocenters. The number of hydrogen-bond acceptors (Lipinski definition) is 7. The third kappa shape index (κ3) is 6.25. The maximum absolute atomic E-state index is 11.8. The lowest BCUT2D eigenvalue weighted by atomic mass is 10.1. The summed E-state index contributed by atoms with van der Waals surface area (Å²) in [5, 5.41) is 22.5. The molecule has 2 N–H and O–H groups in total. The van der Waals surface area contributed by atoms with E-state index in [-0.39, 0.29) is 17.2 Å². The summed E-state index contributed by atoms with van der Waals surface area (Å²) in [6, 6.07) is 4.32. The topological polar surface area (TPSA) is 114 Å². The molecule has 1 amide bonds. The van der Waals surface area contributed by atoms with E-state index in [0.717, 1.165) is 0 Å². The van der Waals surface area contributed by atoms with Gasteiger partial charge in [-0.25, -0.2) is 5.01 Å². The predicted molar refractivity (Wildman–Crippen MR) is 93.6 cm³/mol. The number of nitrogens with one attached hydrogen (secondary N) is 1. The van der Waals surface area contributed by atoms with Gasteiger partial charge in [0.1, 0.15) is 5.75 Å². The highest BCUT2D eigenvalue weighted by atomic mass is 16.6. The van der Waals surface area contributed by atoms with Crippen LogP contribution >= 0.6 is 0 Å². The number of hydrazine groups is 1. The minimum Gasteiger partial charge on any atom is -0.494 e. The molecule has 0 bridgehead atoms. The Hall–Kier alpha value is -2.23. The van der Waals surface area contributed by atoms with Crippen LogP contribution in [0.15, 0.2) is 18.2 Å². The second-order valence-corrected chi connectivity index (χ2v) is 6.09. The van der Waals surface area contributed by atoms with Gasteiger partial charge in [-0.15, -0.1) is 0 Å². The number of morpholine rings is 1. The van der Waals surface area contributed by atoms with Crippen LogP contribution in [0.2, 0.25) is 0 Å². The first-order valence-electron chi connectivity index (χ1n) is 8.68. The number of nitro groups is 1. The zero-order chi connectivity index (χ0) is 18.9. The molecule has 0 aliphatic carbocycles.